The van der Waals surface area contributed by atoms with E-state index in [-0.39, 0.29) is 11.5 Å². The van der Waals surface area contributed by atoms with Crippen LogP contribution in [-0.2, 0) is 11.8 Å². The number of carbonyl (C=O) groups excluding carboxylic acids is 1. The first-order valence-corrected chi connectivity index (χ1v) is 8.38. The van der Waals surface area contributed by atoms with Gasteiger partial charge in [-0.25, -0.2) is 4.68 Å². The molecule has 0 bridgehead atoms. The summed E-state index contributed by atoms with van der Waals surface area (Å²) in [5.41, 5.74) is 2.71. The Bertz CT molecular complexity index is 792. The third kappa shape index (κ3) is 4.45. The first kappa shape index (κ1) is 17.2. The Hall–Kier alpha value is -2.67. The van der Waals surface area contributed by atoms with Gasteiger partial charge in [0.1, 0.15) is 0 Å². The largest absolute Gasteiger partial charge is 0.368 e. The van der Waals surface area contributed by atoms with E-state index in [0.717, 1.165) is 37.6 Å². The summed E-state index contributed by atoms with van der Waals surface area (Å²) in [6.45, 7) is 5.48. The van der Waals surface area contributed by atoms with Crippen molar-refractivity contribution >= 4 is 17.3 Å². The second-order valence-corrected chi connectivity index (χ2v) is 6.35. The number of carbonyl (C=O) groups is 1. The predicted octanol–water partition coefficient (Wildman–Crippen LogP) is 0.849. The second kappa shape index (κ2) is 7.48. The molecule has 2 heterocycles. The van der Waals surface area contributed by atoms with Crippen LogP contribution in [0.4, 0.5) is 11.4 Å². The van der Waals surface area contributed by atoms with Crippen LogP contribution in [-0.4, -0.2) is 53.3 Å². The van der Waals surface area contributed by atoms with Crippen LogP contribution in [0.3, 0.4) is 0 Å². The van der Waals surface area contributed by atoms with E-state index >= 15 is 0 Å². The Morgan fingerprint density at radius 3 is 2.48 bits per heavy atom. The van der Waals surface area contributed by atoms with Gasteiger partial charge in [0.2, 0.25) is 5.91 Å². The van der Waals surface area contributed by atoms with Crippen LogP contribution < -0.4 is 15.8 Å². The summed E-state index contributed by atoms with van der Waals surface area (Å²) in [5.74, 6) is -0.00690. The minimum absolute atomic E-state index is 0.00690. The maximum atomic E-state index is 12.2. The molecule has 0 radical (unpaired) electrons. The normalized spacial score (nSPS) is 15.2. The van der Waals surface area contributed by atoms with E-state index in [1.807, 2.05) is 31.2 Å². The molecule has 132 valence electrons. The third-order valence-electron chi connectivity index (χ3n) is 4.39. The summed E-state index contributed by atoms with van der Waals surface area (Å²) in [6, 6.07) is 9.38. The summed E-state index contributed by atoms with van der Waals surface area (Å²) >= 11 is 0. The number of benzene rings is 1. The molecule has 2 aromatic rings. The number of hydrogen-bond donors (Lipinski definition) is 1. The van der Waals surface area contributed by atoms with Gasteiger partial charge in [-0.3, -0.25) is 14.5 Å². The van der Waals surface area contributed by atoms with E-state index in [1.54, 1.807) is 19.3 Å². The van der Waals surface area contributed by atoms with Gasteiger partial charge in [-0.2, -0.15) is 5.10 Å². The molecule has 1 aromatic heterocycles. The number of piperazine rings is 1. The van der Waals surface area contributed by atoms with Gasteiger partial charge in [0.05, 0.1) is 18.4 Å². The molecule has 0 unspecified atom stereocenters. The minimum atomic E-state index is -0.114. The lowest BCUT2D eigenvalue weighted by atomic mass is 10.2. The third-order valence-corrected chi connectivity index (χ3v) is 4.39. The van der Waals surface area contributed by atoms with E-state index < -0.39 is 0 Å². The zero-order chi connectivity index (χ0) is 17.8. The van der Waals surface area contributed by atoms with E-state index in [1.165, 1.54) is 10.2 Å². The number of nitrogens with zero attached hydrogens (tertiary/aromatic N) is 4. The van der Waals surface area contributed by atoms with Crippen molar-refractivity contribution in [1.82, 2.24) is 14.7 Å². The van der Waals surface area contributed by atoms with E-state index in [9.17, 15) is 9.59 Å². The molecule has 7 nitrogen and oxygen atoms in total. The van der Waals surface area contributed by atoms with Gasteiger partial charge in [-0.15, -0.1) is 0 Å². The molecule has 0 aliphatic carbocycles. The molecular formula is C18H23N5O2. The highest BCUT2D eigenvalue weighted by Crippen LogP contribution is 2.13. The number of amides is 1. The van der Waals surface area contributed by atoms with Crippen molar-refractivity contribution in [1.29, 1.82) is 0 Å². The summed E-state index contributed by atoms with van der Waals surface area (Å²) in [7, 11) is 1.64. The SMILES string of the molecule is Cc1ccc(NC(=O)CN2CCN(c3cnn(C)c(=O)c3)CC2)cc1. The van der Waals surface area contributed by atoms with Crippen molar-refractivity contribution in [2.45, 2.75) is 6.92 Å². The van der Waals surface area contributed by atoms with Gasteiger partial charge in [0, 0.05) is 45.0 Å². The van der Waals surface area contributed by atoms with Gasteiger partial charge in [-0.1, -0.05) is 17.7 Å². The fourth-order valence-corrected chi connectivity index (χ4v) is 2.84. The van der Waals surface area contributed by atoms with Crippen LogP contribution in [0.15, 0.2) is 41.3 Å². The van der Waals surface area contributed by atoms with Gasteiger partial charge in [-0.05, 0) is 19.1 Å². The molecule has 25 heavy (non-hydrogen) atoms. The summed E-state index contributed by atoms with van der Waals surface area (Å²) in [5, 5.41) is 6.98. The van der Waals surface area contributed by atoms with E-state index in [4.69, 9.17) is 0 Å². The molecule has 1 amide bonds. The first-order valence-electron chi connectivity index (χ1n) is 8.38. The quantitative estimate of drug-likeness (QED) is 0.893. The number of aryl methyl sites for hydroxylation is 2. The molecule has 1 aliphatic rings. The van der Waals surface area contributed by atoms with Crippen molar-refractivity contribution in [2.24, 2.45) is 7.05 Å². The molecule has 1 fully saturated rings. The van der Waals surface area contributed by atoms with Gasteiger partial charge < -0.3 is 10.2 Å². The highest BCUT2D eigenvalue weighted by Gasteiger charge is 2.19. The van der Waals surface area contributed by atoms with Crippen LogP contribution in [0.25, 0.3) is 0 Å². The molecule has 0 atom stereocenters. The van der Waals surface area contributed by atoms with Crippen molar-refractivity contribution in [3.8, 4) is 0 Å². The topological polar surface area (TPSA) is 70.5 Å². The molecule has 7 heteroatoms. The molecule has 0 saturated carbocycles. The minimum Gasteiger partial charge on any atom is -0.368 e. The van der Waals surface area contributed by atoms with Crippen LogP contribution in [0.2, 0.25) is 0 Å². The van der Waals surface area contributed by atoms with Crippen LogP contribution in [0, 0.1) is 6.92 Å². The summed E-state index contributed by atoms with van der Waals surface area (Å²) in [6.07, 6.45) is 1.71. The average Bonchev–Trinajstić information content (AvgIpc) is 2.60. The Morgan fingerprint density at radius 2 is 1.84 bits per heavy atom. The van der Waals surface area contributed by atoms with Crippen LogP contribution >= 0.6 is 0 Å². The van der Waals surface area contributed by atoms with Crippen molar-refractivity contribution in [3.63, 3.8) is 0 Å². The van der Waals surface area contributed by atoms with Crippen LogP contribution in [0.1, 0.15) is 5.56 Å². The molecule has 1 aliphatic heterocycles. The Morgan fingerprint density at radius 1 is 1.16 bits per heavy atom. The number of hydrogen-bond acceptors (Lipinski definition) is 5. The summed E-state index contributed by atoms with van der Waals surface area (Å²) in [4.78, 5) is 28.1. The lowest BCUT2D eigenvalue weighted by Gasteiger charge is -2.35. The first-order chi connectivity index (χ1) is 12.0. The monoisotopic (exact) mass is 341 g/mol. The van der Waals surface area contributed by atoms with Gasteiger partial charge >= 0.3 is 0 Å². The van der Waals surface area contributed by atoms with Gasteiger partial charge in [0.15, 0.2) is 0 Å². The zero-order valence-electron chi connectivity index (χ0n) is 14.6. The summed E-state index contributed by atoms with van der Waals surface area (Å²) < 4.78 is 1.31. The molecule has 1 N–H and O–H groups in total. The number of rotatable bonds is 4. The Labute approximate surface area is 146 Å². The fourth-order valence-electron chi connectivity index (χ4n) is 2.84. The van der Waals surface area contributed by atoms with Crippen molar-refractivity contribution in [2.75, 3.05) is 42.9 Å². The number of nitrogens with one attached hydrogen (secondary N) is 1. The lowest BCUT2D eigenvalue weighted by molar-refractivity contribution is -0.117. The molecule has 1 saturated heterocycles. The van der Waals surface area contributed by atoms with E-state index in [0.29, 0.717) is 6.54 Å². The fraction of sp³-hybridized carbons (Fsp3) is 0.389. The van der Waals surface area contributed by atoms with Crippen molar-refractivity contribution < 1.29 is 4.79 Å². The standard InChI is InChI=1S/C18H23N5O2/c1-14-3-5-15(6-4-14)20-17(24)13-22-7-9-23(10-8-22)16-11-18(25)21(2)19-12-16/h3-6,11-12H,7-10,13H2,1-2H3,(H,20,24). The predicted molar refractivity (Wildman–Crippen MR) is 97.9 cm³/mol. The Balaban J connectivity index is 1.50. The van der Waals surface area contributed by atoms with E-state index in [2.05, 4.69) is 20.2 Å². The number of aromatic nitrogens is 2. The zero-order valence-corrected chi connectivity index (χ0v) is 14.6. The maximum absolute atomic E-state index is 12.2. The average molecular weight is 341 g/mol. The van der Waals surface area contributed by atoms with Crippen LogP contribution in [0.5, 0.6) is 0 Å². The highest BCUT2D eigenvalue weighted by atomic mass is 16.2. The van der Waals surface area contributed by atoms with Crippen molar-refractivity contribution in [3.05, 3.63) is 52.4 Å². The molecular weight excluding hydrogens is 318 g/mol. The smallest absolute Gasteiger partial charge is 0.268 e. The maximum Gasteiger partial charge on any atom is 0.268 e. The lowest BCUT2D eigenvalue weighted by Crippen LogP contribution is -2.49. The Kier molecular flexibility index (Phi) is 5.14. The molecule has 3 rings (SSSR count). The number of anilines is 2. The molecule has 0 spiro atoms. The molecule has 1 aromatic carbocycles. The second-order valence-electron chi connectivity index (χ2n) is 6.35. The van der Waals surface area contributed by atoms with Gasteiger partial charge in [0.25, 0.3) is 5.56 Å². The highest BCUT2D eigenvalue weighted by molar-refractivity contribution is 5.92.